The van der Waals surface area contributed by atoms with Crippen LogP contribution in [0, 0.1) is 12.8 Å². The molecule has 0 bridgehead atoms. The maximum absolute atomic E-state index is 12.1. The summed E-state index contributed by atoms with van der Waals surface area (Å²) >= 11 is 0. The predicted molar refractivity (Wildman–Crippen MR) is 106 cm³/mol. The third-order valence-corrected chi connectivity index (χ3v) is 3.99. The highest BCUT2D eigenvalue weighted by molar-refractivity contribution is 5.96. The summed E-state index contributed by atoms with van der Waals surface area (Å²) in [6.07, 6.45) is 0.678. The standard InChI is InChI=1S/C18H25N5O3.ClH/c1-5-14-22-18(26-23-14)12-7-6-11(4)13(8-12)21-15(24)9-20-17(25)16(19)10(2)3;/h6-8,10,16H,5,9,19H2,1-4H3,(H,20,25)(H,21,24);1H/t16-;/m0./s1. The van der Waals surface area contributed by atoms with Crippen LogP contribution < -0.4 is 16.4 Å². The van der Waals surface area contributed by atoms with Gasteiger partial charge < -0.3 is 20.9 Å². The molecule has 1 atom stereocenters. The van der Waals surface area contributed by atoms with E-state index in [-0.39, 0.29) is 36.7 Å². The smallest absolute Gasteiger partial charge is 0.257 e. The van der Waals surface area contributed by atoms with Crippen molar-refractivity contribution in [3.63, 3.8) is 0 Å². The maximum atomic E-state index is 12.1. The summed E-state index contributed by atoms with van der Waals surface area (Å²) in [5, 5.41) is 9.19. The minimum Gasteiger partial charge on any atom is -0.346 e. The second kappa shape index (κ2) is 10.0. The summed E-state index contributed by atoms with van der Waals surface area (Å²) in [5.74, 6) is 0.330. The van der Waals surface area contributed by atoms with Crippen molar-refractivity contribution in [1.82, 2.24) is 15.5 Å². The van der Waals surface area contributed by atoms with Crippen molar-refractivity contribution >= 4 is 29.9 Å². The van der Waals surface area contributed by atoms with Crippen molar-refractivity contribution in [2.75, 3.05) is 11.9 Å². The fourth-order valence-corrected chi connectivity index (χ4v) is 2.19. The number of nitrogens with two attached hydrogens (primary N) is 1. The Morgan fingerprint density at radius 3 is 2.59 bits per heavy atom. The average Bonchev–Trinajstić information content (AvgIpc) is 3.10. The zero-order valence-electron chi connectivity index (χ0n) is 15.9. The van der Waals surface area contributed by atoms with Crippen molar-refractivity contribution in [3.8, 4) is 11.5 Å². The molecule has 4 N–H and O–H groups in total. The summed E-state index contributed by atoms with van der Waals surface area (Å²) in [6.45, 7) is 7.36. The fourth-order valence-electron chi connectivity index (χ4n) is 2.19. The highest BCUT2D eigenvalue weighted by Crippen LogP contribution is 2.24. The maximum Gasteiger partial charge on any atom is 0.257 e. The van der Waals surface area contributed by atoms with Gasteiger partial charge in [0.2, 0.25) is 11.8 Å². The van der Waals surface area contributed by atoms with Gasteiger partial charge in [-0.1, -0.05) is 32.0 Å². The molecule has 0 spiro atoms. The Hall–Kier alpha value is -2.45. The minimum absolute atomic E-state index is 0. The van der Waals surface area contributed by atoms with Crippen molar-refractivity contribution in [2.45, 2.75) is 40.2 Å². The lowest BCUT2D eigenvalue weighted by molar-refractivity contribution is -0.125. The largest absolute Gasteiger partial charge is 0.346 e. The third-order valence-electron chi connectivity index (χ3n) is 3.99. The first kappa shape index (κ1) is 22.6. The first-order chi connectivity index (χ1) is 12.3. The zero-order valence-corrected chi connectivity index (χ0v) is 16.7. The number of aromatic nitrogens is 2. The predicted octanol–water partition coefficient (Wildman–Crippen LogP) is 2.07. The molecular weight excluding hydrogens is 370 g/mol. The quantitative estimate of drug-likeness (QED) is 0.659. The summed E-state index contributed by atoms with van der Waals surface area (Å²) in [4.78, 5) is 28.3. The van der Waals surface area contributed by atoms with Crippen LogP contribution in [0.25, 0.3) is 11.5 Å². The number of carbonyl (C=O) groups excluding carboxylic acids is 2. The Balaban J connectivity index is 0.00000364. The van der Waals surface area contributed by atoms with Crippen LogP contribution in [-0.2, 0) is 16.0 Å². The van der Waals surface area contributed by atoms with E-state index in [1.165, 1.54) is 0 Å². The molecule has 1 aromatic carbocycles. The zero-order chi connectivity index (χ0) is 19.3. The van der Waals surface area contributed by atoms with Crippen molar-refractivity contribution < 1.29 is 14.1 Å². The number of benzene rings is 1. The van der Waals surface area contributed by atoms with Gasteiger partial charge in [0.1, 0.15) is 0 Å². The van der Waals surface area contributed by atoms with Crippen LogP contribution >= 0.6 is 12.4 Å². The molecule has 0 aliphatic heterocycles. The number of nitrogens with zero attached hydrogens (tertiary/aromatic N) is 2. The molecular formula is C18H26ClN5O3. The van der Waals surface area contributed by atoms with Crippen LogP contribution in [-0.4, -0.2) is 34.5 Å². The SMILES string of the molecule is CCc1noc(-c2ccc(C)c(NC(=O)CNC(=O)[C@@H](N)C(C)C)c2)n1.Cl. The van der Waals surface area contributed by atoms with Crippen molar-refractivity contribution in [2.24, 2.45) is 11.7 Å². The van der Waals surface area contributed by atoms with E-state index in [9.17, 15) is 9.59 Å². The van der Waals surface area contributed by atoms with Gasteiger partial charge in [0.05, 0.1) is 12.6 Å². The summed E-state index contributed by atoms with van der Waals surface area (Å²) in [7, 11) is 0. The molecule has 2 rings (SSSR count). The molecule has 2 aromatic rings. The molecule has 0 saturated carbocycles. The van der Waals surface area contributed by atoms with Gasteiger partial charge in [-0.3, -0.25) is 9.59 Å². The van der Waals surface area contributed by atoms with Crippen molar-refractivity contribution in [1.29, 1.82) is 0 Å². The first-order valence-electron chi connectivity index (χ1n) is 8.58. The normalized spacial score (nSPS) is 11.6. The molecule has 0 aliphatic carbocycles. The van der Waals surface area contributed by atoms with Gasteiger partial charge in [0, 0.05) is 17.7 Å². The number of carbonyl (C=O) groups is 2. The van der Waals surface area contributed by atoms with Gasteiger partial charge in [0.25, 0.3) is 5.89 Å². The topological polar surface area (TPSA) is 123 Å². The Morgan fingerprint density at radius 2 is 2.00 bits per heavy atom. The van der Waals surface area contributed by atoms with E-state index in [2.05, 4.69) is 20.8 Å². The number of nitrogens with one attached hydrogen (secondary N) is 2. The number of hydrogen-bond donors (Lipinski definition) is 3. The molecule has 0 fully saturated rings. The molecule has 0 saturated heterocycles. The Morgan fingerprint density at radius 1 is 1.30 bits per heavy atom. The first-order valence-corrected chi connectivity index (χ1v) is 8.58. The van der Waals surface area contributed by atoms with Gasteiger partial charge in [-0.15, -0.1) is 12.4 Å². The monoisotopic (exact) mass is 395 g/mol. The van der Waals surface area contributed by atoms with Crippen LogP contribution in [0.15, 0.2) is 22.7 Å². The molecule has 27 heavy (non-hydrogen) atoms. The van der Waals surface area contributed by atoms with Gasteiger partial charge in [0.15, 0.2) is 5.82 Å². The molecule has 1 aromatic heterocycles. The lowest BCUT2D eigenvalue weighted by atomic mass is 10.1. The van der Waals surface area contributed by atoms with Crippen molar-refractivity contribution in [3.05, 3.63) is 29.6 Å². The Kier molecular flexibility index (Phi) is 8.39. The molecule has 148 valence electrons. The number of amides is 2. The third kappa shape index (κ3) is 6.04. The van der Waals surface area contributed by atoms with E-state index in [4.69, 9.17) is 10.3 Å². The Labute approximate surface area is 164 Å². The van der Waals surface area contributed by atoms with E-state index in [1.54, 1.807) is 6.07 Å². The van der Waals surface area contributed by atoms with E-state index in [0.29, 0.717) is 29.4 Å². The average molecular weight is 396 g/mol. The van der Waals surface area contributed by atoms with Crippen LogP contribution in [0.2, 0.25) is 0 Å². The van der Waals surface area contributed by atoms with E-state index in [1.807, 2.05) is 39.8 Å². The van der Waals surface area contributed by atoms with E-state index in [0.717, 1.165) is 5.56 Å². The second-order valence-electron chi connectivity index (χ2n) is 6.43. The summed E-state index contributed by atoms with van der Waals surface area (Å²) < 4.78 is 5.22. The Bertz CT molecular complexity index is 791. The van der Waals surface area contributed by atoms with Crippen LogP contribution in [0.1, 0.15) is 32.2 Å². The van der Waals surface area contributed by atoms with Crippen LogP contribution in [0.3, 0.4) is 0 Å². The van der Waals surface area contributed by atoms with Gasteiger partial charge in [-0.2, -0.15) is 4.98 Å². The highest BCUT2D eigenvalue weighted by Gasteiger charge is 2.18. The lowest BCUT2D eigenvalue weighted by Gasteiger charge is -2.15. The minimum atomic E-state index is -0.641. The molecule has 0 aliphatic rings. The lowest BCUT2D eigenvalue weighted by Crippen LogP contribution is -2.46. The molecule has 1 heterocycles. The van der Waals surface area contributed by atoms with Gasteiger partial charge in [-0.25, -0.2) is 0 Å². The van der Waals surface area contributed by atoms with Gasteiger partial charge >= 0.3 is 0 Å². The van der Waals surface area contributed by atoms with E-state index >= 15 is 0 Å². The molecule has 0 unspecified atom stereocenters. The van der Waals surface area contributed by atoms with E-state index < -0.39 is 6.04 Å². The number of aryl methyl sites for hydroxylation is 2. The molecule has 8 nitrogen and oxygen atoms in total. The van der Waals surface area contributed by atoms with Crippen LogP contribution in [0.4, 0.5) is 5.69 Å². The summed E-state index contributed by atoms with van der Waals surface area (Å²) in [5.41, 5.74) is 7.96. The van der Waals surface area contributed by atoms with Gasteiger partial charge in [-0.05, 0) is 30.5 Å². The fraction of sp³-hybridized carbons (Fsp3) is 0.444. The summed E-state index contributed by atoms with van der Waals surface area (Å²) in [6, 6.07) is 4.83. The number of rotatable bonds is 7. The number of halogens is 1. The second-order valence-corrected chi connectivity index (χ2v) is 6.43. The molecule has 2 amide bonds. The highest BCUT2D eigenvalue weighted by atomic mass is 35.5. The number of hydrogen-bond acceptors (Lipinski definition) is 6. The number of anilines is 1. The molecule has 0 radical (unpaired) electrons. The molecule has 9 heteroatoms. The van der Waals surface area contributed by atoms with Crippen LogP contribution in [0.5, 0.6) is 0 Å².